The molecule has 0 radical (unpaired) electrons. The van der Waals surface area contributed by atoms with E-state index < -0.39 is 11.8 Å². The van der Waals surface area contributed by atoms with E-state index in [0.29, 0.717) is 16.6 Å². The monoisotopic (exact) mass is 343 g/mol. The van der Waals surface area contributed by atoms with E-state index >= 15 is 0 Å². The van der Waals surface area contributed by atoms with Crippen molar-refractivity contribution in [1.29, 1.82) is 0 Å². The second-order valence-electron chi connectivity index (χ2n) is 5.98. The summed E-state index contributed by atoms with van der Waals surface area (Å²) in [6.07, 6.45) is 5.24. The second kappa shape index (κ2) is 7.01. The van der Waals surface area contributed by atoms with Crippen LogP contribution in [0.5, 0.6) is 0 Å². The fourth-order valence-electron chi connectivity index (χ4n) is 2.55. The standard InChI is InChI=1S/C18H18ClN3O2/c1-11-8-9-20-10-15(11)21-17(23)18(24)22-16(12-2-3-12)13-4-6-14(19)7-5-13/h4-10,12,16H,2-3H2,1H3,(H,21,23)(H,22,24). The van der Waals surface area contributed by atoms with Crippen molar-refractivity contribution in [3.05, 3.63) is 58.9 Å². The number of aryl methyl sites for hydroxylation is 1. The Balaban J connectivity index is 1.68. The van der Waals surface area contributed by atoms with Gasteiger partial charge in [-0.1, -0.05) is 23.7 Å². The molecule has 1 aromatic carbocycles. The molecule has 1 unspecified atom stereocenters. The molecule has 2 aromatic rings. The SMILES string of the molecule is Cc1ccncc1NC(=O)C(=O)NC(c1ccc(Cl)cc1)C1CC1. The van der Waals surface area contributed by atoms with Gasteiger partial charge in [-0.25, -0.2) is 0 Å². The summed E-state index contributed by atoms with van der Waals surface area (Å²) in [6.45, 7) is 1.84. The molecule has 1 heterocycles. The number of carbonyl (C=O) groups is 2. The highest BCUT2D eigenvalue weighted by Gasteiger charge is 2.34. The molecule has 124 valence electrons. The summed E-state index contributed by atoms with van der Waals surface area (Å²) in [6, 6.07) is 8.95. The average Bonchev–Trinajstić information content (AvgIpc) is 3.40. The van der Waals surface area contributed by atoms with Gasteiger partial charge in [0.25, 0.3) is 0 Å². The third-order valence-electron chi connectivity index (χ3n) is 4.10. The van der Waals surface area contributed by atoms with Crippen molar-refractivity contribution in [3.63, 3.8) is 0 Å². The Hall–Kier alpha value is -2.40. The summed E-state index contributed by atoms with van der Waals surface area (Å²) in [5.41, 5.74) is 2.34. The van der Waals surface area contributed by atoms with Crippen molar-refractivity contribution in [1.82, 2.24) is 10.3 Å². The Morgan fingerprint density at radius 2 is 1.88 bits per heavy atom. The highest BCUT2D eigenvalue weighted by molar-refractivity contribution is 6.39. The number of pyridine rings is 1. The van der Waals surface area contributed by atoms with Gasteiger partial charge in [0.1, 0.15) is 0 Å². The minimum atomic E-state index is -0.689. The summed E-state index contributed by atoms with van der Waals surface area (Å²) in [5.74, 6) is -0.973. The molecule has 6 heteroatoms. The minimum Gasteiger partial charge on any atom is -0.341 e. The fourth-order valence-corrected chi connectivity index (χ4v) is 2.68. The second-order valence-corrected chi connectivity index (χ2v) is 6.42. The topological polar surface area (TPSA) is 71.1 Å². The highest BCUT2D eigenvalue weighted by Crippen LogP contribution is 2.41. The normalized spacial score (nSPS) is 14.8. The Bertz CT molecular complexity index is 757. The summed E-state index contributed by atoms with van der Waals surface area (Å²) in [4.78, 5) is 28.4. The minimum absolute atomic E-state index is 0.171. The van der Waals surface area contributed by atoms with E-state index in [4.69, 9.17) is 11.6 Å². The molecule has 3 rings (SSSR count). The van der Waals surface area contributed by atoms with Crippen molar-refractivity contribution >= 4 is 29.1 Å². The van der Waals surface area contributed by atoms with Crippen LogP contribution in [-0.4, -0.2) is 16.8 Å². The lowest BCUT2D eigenvalue weighted by Crippen LogP contribution is -2.38. The summed E-state index contributed by atoms with van der Waals surface area (Å²) >= 11 is 5.92. The molecule has 0 spiro atoms. The van der Waals surface area contributed by atoms with E-state index in [0.717, 1.165) is 24.0 Å². The van der Waals surface area contributed by atoms with Crippen LogP contribution in [0.15, 0.2) is 42.7 Å². The summed E-state index contributed by atoms with van der Waals surface area (Å²) in [5, 5.41) is 6.08. The molecule has 1 aliphatic carbocycles. The first-order valence-electron chi connectivity index (χ1n) is 7.82. The Morgan fingerprint density at radius 3 is 2.50 bits per heavy atom. The first-order chi connectivity index (χ1) is 11.5. The zero-order valence-corrected chi connectivity index (χ0v) is 14.0. The molecule has 0 aliphatic heterocycles. The smallest absolute Gasteiger partial charge is 0.313 e. The van der Waals surface area contributed by atoms with Gasteiger partial charge in [-0.3, -0.25) is 14.6 Å². The number of amides is 2. The van der Waals surface area contributed by atoms with E-state index in [-0.39, 0.29) is 6.04 Å². The van der Waals surface area contributed by atoms with Crippen LogP contribution in [-0.2, 0) is 9.59 Å². The van der Waals surface area contributed by atoms with Crippen molar-refractivity contribution < 1.29 is 9.59 Å². The Morgan fingerprint density at radius 1 is 1.17 bits per heavy atom. The maximum atomic E-state index is 12.3. The molecular weight excluding hydrogens is 326 g/mol. The third kappa shape index (κ3) is 3.92. The zero-order valence-electron chi connectivity index (χ0n) is 13.3. The van der Waals surface area contributed by atoms with E-state index in [2.05, 4.69) is 15.6 Å². The van der Waals surface area contributed by atoms with Crippen LogP contribution in [0.25, 0.3) is 0 Å². The molecule has 1 saturated carbocycles. The van der Waals surface area contributed by atoms with Gasteiger partial charge in [-0.05, 0) is 55.0 Å². The van der Waals surface area contributed by atoms with Gasteiger partial charge in [0.15, 0.2) is 0 Å². The highest BCUT2D eigenvalue weighted by atomic mass is 35.5. The number of benzene rings is 1. The molecule has 1 aromatic heterocycles. The lowest BCUT2D eigenvalue weighted by Gasteiger charge is -2.18. The van der Waals surface area contributed by atoms with Crippen LogP contribution >= 0.6 is 11.6 Å². The Labute approximate surface area is 145 Å². The molecule has 1 atom stereocenters. The van der Waals surface area contributed by atoms with E-state index in [1.807, 2.05) is 19.1 Å². The van der Waals surface area contributed by atoms with Gasteiger partial charge in [0, 0.05) is 11.2 Å². The molecule has 0 saturated heterocycles. The number of anilines is 1. The number of halogens is 1. The molecule has 24 heavy (non-hydrogen) atoms. The van der Waals surface area contributed by atoms with Gasteiger partial charge >= 0.3 is 11.8 Å². The first-order valence-corrected chi connectivity index (χ1v) is 8.20. The number of rotatable bonds is 4. The van der Waals surface area contributed by atoms with Crippen molar-refractivity contribution in [3.8, 4) is 0 Å². The number of nitrogens with zero attached hydrogens (tertiary/aromatic N) is 1. The van der Waals surface area contributed by atoms with Crippen molar-refractivity contribution in [2.45, 2.75) is 25.8 Å². The number of nitrogens with one attached hydrogen (secondary N) is 2. The predicted octanol–water partition coefficient (Wildman–Crippen LogP) is 3.25. The lowest BCUT2D eigenvalue weighted by atomic mass is 10.0. The van der Waals surface area contributed by atoms with Crippen molar-refractivity contribution in [2.75, 3.05) is 5.32 Å². The molecule has 2 amide bonds. The summed E-state index contributed by atoms with van der Waals surface area (Å²) < 4.78 is 0. The van der Waals surface area contributed by atoms with Crippen LogP contribution in [0.2, 0.25) is 5.02 Å². The van der Waals surface area contributed by atoms with E-state index in [9.17, 15) is 9.59 Å². The number of aromatic nitrogens is 1. The van der Waals surface area contributed by atoms with E-state index in [1.165, 1.54) is 6.20 Å². The predicted molar refractivity (Wildman–Crippen MR) is 92.7 cm³/mol. The quantitative estimate of drug-likeness (QED) is 0.837. The van der Waals surface area contributed by atoms with Crippen LogP contribution in [0.3, 0.4) is 0 Å². The van der Waals surface area contributed by atoms with Crippen LogP contribution in [0, 0.1) is 12.8 Å². The largest absolute Gasteiger partial charge is 0.341 e. The lowest BCUT2D eigenvalue weighted by molar-refractivity contribution is -0.136. The molecule has 2 N–H and O–H groups in total. The third-order valence-corrected chi connectivity index (χ3v) is 4.35. The van der Waals surface area contributed by atoms with E-state index in [1.54, 1.807) is 24.4 Å². The molecular formula is C18H18ClN3O2. The van der Waals surface area contributed by atoms with Crippen LogP contribution < -0.4 is 10.6 Å². The maximum Gasteiger partial charge on any atom is 0.313 e. The fraction of sp³-hybridized carbons (Fsp3) is 0.278. The molecule has 1 fully saturated rings. The first kappa shape index (κ1) is 16.5. The van der Waals surface area contributed by atoms with Gasteiger partial charge < -0.3 is 10.6 Å². The van der Waals surface area contributed by atoms with Gasteiger partial charge in [-0.15, -0.1) is 0 Å². The molecule has 5 nitrogen and oxygen atoms in total. The molecule has 0 bridgehead atoms. The number of carbonyl (C=O) groups excluding carboxylic acids is 2. The van der Waals surface area contributed by atoms with Crippen LogP contribution in [0.1, 0.15) is 30.0 Å². The van der Waals surface area contributed by atoms with Gasteiger partial charge in [0.2, 0.25) is 0 Å². The van der Waals surface area contributed by atoms with Gasteiger partial charge in [0.05, 0.1) is 17.9 Å². The maximum absolute atomic E-state index is 12.3. The number of hydrogen-bond acceptors (Lipinski definition) is 3. The van der Waals surface area contributed by atoms with Gasteiger partial charge in [-0.2, -0.15) is 0 Å². The summed E-state index contributed by atoms with van der Waals surface area (Å²) in [7, 11) is 0. The average molecular weight is 344 g/mol. The Kier molecular flexibility index (Phi) is 4.81. The molecule has 1 aliphatic rings. The number of hydrogen-bond donors (Lipinski definition) is 2. The van der Waals surface area contributed by atoms with Crippen LogP contribution in [0.4, 0.5) is 5.69 Å². The zero-order chi connectivity index (χ0) is 17.1. The van der Waals surface area contributed by atoms with Crippen molar-refractivity contribution in [2.24, 2.45) is 5.92 Å².